The number of aliphatic imine (C=N–C) groups is 1. The average Bonchev–Trinajstić information content (AvgIpc) is 2.66. The van der Waals surface area contributed by atoms with Gasteiger partial charge in [-0.3, -0.25) is 9.89 Å². The van der Waals surface area contributed by atoms with E-state index in [0.29, 0.717) is 18.0 Å². The van der Waals surface area contributed by atoms with Crippen LogP contribution < -0.4 is 20.5 Å². The number of piperidine rings is 1. The van der Waals surface area contributed by atoms with Crippen molar-refractivity contribution in [3.05, 3.63) is 23.8 Å². The highest BCUT2D eigenvalue weighted by Crippen LogP contribution is 2.27. The van der Waals surface area contributed by atoms with Crippen molar-refractivity contribution in [1.82, 2.24) is 10.2 Å². The predicted molar refractivity (Wildman–Crippen MR) is 123 cm³/mol. The molecular formula is C20H35IN4O2. The third-order valence-corrected chi connectivity index (χ3v) is 5.11. The van der Waals surface area contributed by atoms with E-state index in [1.54, 1.807) is 14.2 Å². The molecule has 0 spiro atoms. The number of ether oxygens (including phenoxy) is 2. The van der Waals surface area contributed by atoms with E-state index in [2.05, 4.69) is 29.1 Å². The lowest BCUT2D eigenvalue weighted by Gasteiger charge is -2.37. The molecular weight excluding hydrogens is 455 g/mol. The van der Waals surface area contributed by atoms with Gasteiger partial charge in [-0.15, -0.1) is 24.0 Å². The zero-order chi connectivity index (χ0) is 18.9. The molecule has 2 rings (SSSR count). The summed E-state index contributed by atoms with van der Waals surface area (Å²) >= 11 is 0. The summed E-state index contributed by atoms with van der Waals surface area (Å²) in [7, 11) is 3.29. The standard InChI is InChI=1S/C20H34N4O2.HI/c1-15-7-5-6-12-24(15)16(2)14-23-20(21)22-11-10-17-8-9-18(25-3)19(13-17)26-4;/h8-9,13,15-16H,5-7,10-12,14H2,1-4H3,(H3,21,22,23);1H. The molecule has 0 bridgehead atoms. The smallest absolute Gasteiger partial charge is 0.188 e. The average molecular weight is 490 g/mol. The van der Waals surface area contributed by atoms with Gasteiger partial charge in [0.05, 0.1) is 20.8 Å². The number of likely N-dealkylation sites (tertiary alicyclic amines) is 1. The number of guanidine groups is 1. The van der Waals surface area contributed by atoms with E-state index in [4.69, 9.17) is 15.2 Å². The van der Waals surface area contributed by atoms with Gasteiger partial charge in [-0.1, -0.05) is 12.5 Å². The minimum absolute atomic E-state index is 0. The molecule has 1 fully saturated rings. The molecule has 0 aliphatic carbocycles. The zero-order valence-corrected chi connectivity index (χ0v) is 19.4. The zero-order valence-electron chi connectivity index (χ0n) is 17.0. The Morgan fingerprint density at radius 1 is 1.30 bits per heavy atom. The highest BCUT2D eigenvalue weighted by molar-refractivity contribution is 14.0. The lowest BCUT2D eigenvalue weighted by Crippen LogP contribution is -2.45. The molecule has 2 unspecified atom stereocenters. The minimum Gasteiger partial charge on any atom is -0.493 e. The van der Waals surface area contributed by atoms with Crippen molar-refractivity contribution in [2.24, 2.45) is 10.7 Å². The Hall–Kier alpha value is -1.22. The highest BCUT2D eigenvalue weighted by Gasteiger charge is 2.22. The van der Waals surface area contributed by atoms with Gasteiger partial charge in [0.2, 0.25) is 0 Å². The second-order valence-electron chi connectivity index (χ2n) is 7.02. The van der Waals surface area contributed by atoms with Crippen molar-refractivity contribution in [2.75, 3.05) is 33.9 Å². The summed E-state index contributed by atoms with van der Waals surface area (Å²) in [5, 5.41) is 3.20. The quantitative estimate of drug-likeness (QED) is 0.333. The van der Waals surface area contributed by atoms with Gasteiger partial charge < -0.3 is 20.5 Å². The Morgan fingerprint density at radius 2 is 2.04 bits per heavy atom. The summed E-state index contributed by atoms with van der Waals surface area (Å²) in [6, 6.07) is 7.03. The van der Waals surface area contributed by atoms with Gasteiger partial charge in [0.25, 0.3) is 0 Å². The Morgan fingerprint density at radius 3 is 2.70 bits per heavy atom. The molecule has 6 nitrogen and oxygen atoms in total. The number of benzene rings is 1. The molecule has 1 aliphatic heterocycles. The van der Waals surface area contributed by atoms with Crippen molar-refractivity contribution in [3.8, 4) is 11.5 Å². The van der Waals surface area contributed by atoms with Crippen LogP contribution in [0.5, 0.6) is 11.5 Å². The Labute approximate surface area is 180 Å². The van der Waals surface area contributed by atoms with Crippen molar-refractivity contribution < 1.29 is 9.47 Å². The van der Waals surface area contributed by atoms with E-state index >= 15 is 0 Å². The van der Waals surface area contributed by atoms with Gasteiger partial charge in [-0.25, -0.2) is 0 Å². The Bertz CT molecular complexity index is 597. The van der Waals surface area contributed by atoms with Gasteiger partial charge in [0.1, 0.15) is 0 Å². The topological polar surface area (TPSA) is 72.1 Å². The molecule has 27 heavy (non-hydrogen) atoms. The fourth-order valence-electron chi connectivity index (χ4n) is 3.54. The van der Waals surface area contributed by atoms with E-state index in [0.717, 1.165) is 31.0 Å². The molecule has 1 heterocycles. The van der Waals surface area contributed by atoms with Crippen LogP contribution in [0.4, 0.5) is 0 Å². The van der Waals surface area contributed by atoms with Crippen LogP contribution in [-0.4, -0.2) is 56.8 Å². The SMILES string of the molecule is COc1ccc(CCNC(N)=NCC(C)N2CCCCC2C)cc1OC.I. The van der Waals surface area contributed by atoms with Crippen molar-refractivity contribution >= 4 is 29.9 Å². The second-order valence-corrected chi connectivity index (χ2v) is 7.02. The van der Waals surface area contributed by atoms with E-state index in [9.17, 15) is 0 Å². The summed E-state index contributed by atoms with van der Waals surface area (Å²) < 4.78 is 10.6. The molecule has 3 N–H and O–H groups in total. The lowest BCUT2D eigenvalue weighted by atomic mass is 10.0. The molecule has 1 aromatic carbocycles. The first-order valence-electron chi connectivity index (χ1n) is 9.55. The van der Waals surface area contributed by atoms with Crippen molar-refractivity contribution in [3.63, 3.8) is 0 Å². The molecule has 1 saturated heterocycles. The summed E-state index contributed by atoms with van der Waals surface area (Å²) in [5.41, 5.74) is 7.19. The van der Waals surface area contributed by atoms with E-state index in [-0.39, 0.29) is 24.0 Å². The first kappa shape index (κ1) is 23.8. The molecule has 154 valence electrons. The van der Waals surface area contributed by atoms with E-state index in [1.807, 2.05) is 18.2 Å². The van der Waals surface area contributed by atoms with Gasteiger partial charge in [0.15, 0.2) is 17.5 Å². The summed E-state index contributed by atoms with van der Waals surface area (Å²) in [6.45, 7) is 7.19. The van der Waals surface area contributed by atoms with Crippen LogP contribution in [0.1, 0.15) is 38.7 Å². The van der Waals surface area contributed by atoms with Gasteiger partial charge in [-0.2, -0.15) is 0 Å². The van der Waals surface area contributed by atoms with Crippen LogP contribution in [0.15, 0.2) is 23.2 Å². The van der Waals surface area contributed by atoms with Gasteiger partial charge in [-0.05, 0) is 57.4 Å². The summed E-state index contributed by atoms with van der Waals surface area (Å²) in [5.74, 6) is 2.00. The first-order valence-corrected chi connectivity index (χ1v) is 9.55. The molecule has 7 heteroatoms. The third-order valence-electron chi connectivity index (χ3n) is 5.11. The van der Waals surface area contributed by atoms with Crippen molar-refractivity contribution in [1.29, 1.82) is 0 Å². The molecule has 1 aromatic rings. The van der Waals surface area contributed by atoms with Crippen LogP contribution >= 0.6 is 24.0 Å². The monoisotopic (exact) mass is 490 g/mol. The maximum Gasteiger partial charge on any atom is 0.188 e. The number of nitrogens with two attached hydrogens (primary N) is 1. The summed E-state index contributed by atoms with van der Waals surface area (Å²) in [4.78, 5) is 7.07. The maximum absolute atomic E-state index is 6.03. The van der Waals surface area contributed by atoms with E-state index in [1.165, 1.54) is 31.4 Å². The van der Waals surface area contributed by atoms with Crippen molar-refractivity contribution in [2.45, 2.75) is 51.6 Å². The normalized spacial score (nSPS) is 19.1. The number of nitrogens with zero attached hydrogens (tertiary/aromatic N) is 2. The number of nitrogens with one attached hydrogen (secondary N) is 1. The molecule has 0 radical (unpaired) electrons. The van der Waals surface area contributed by atoms with Crippen LogP contribution in [-0.2, 0) is 6.42 Å². The maximum atomic E-state index is 6.03. The number of hydrogen-bond acceptors (Lipinski definition) is 4. The van der Waals surface area contributed by atoms with Gasteiger partial charge in [0, 0.05) is 18.6 Å². The van der Waals surface area contributed by atoms with Crippen LogP contribution in [0.25, 0.3) is 0 Å². The first-order chi connectivity index (χ1) is 12.5. The van der Waals surface area contributed by atoms with Gasteiger partial charge >= 0.3 is 0 Å². The lowest BCUT2D eigenvalue weighted by molar-refractivity contribution is 0.118. The highest BCUT2D eigenvalue weighted by atomic mass is 127. The Kier molecular flexibility index (Phi) is 10.8. The van der Waals surface area contributed by atoms with Crippen LogP contribution in [0.2, 0.25) is 0 Å². The fourth-order valence-corrected chi connectivity index (χ4v) is 3.54. The van der Waals surface area contributed by atoms with E-state index < -0.39 is 0 Å². The predicted octanol–water partition coefficient (Wildman–Crippen LogP) is 3.03. The summed E-state index contributed by atoms with van der Waals surface area (Å²) in [6.07, 6.45) is 4.76. The number of hydrogen-bond donors (Lipinski definition) is 2. The van der Waals surface area contributed by atoms with Crippen LogP contribution in [0.3, 0.4) is 0 Å². The second kappa shape index (κ2) is 12.3. The minimum atomic E-state index is 0. The number of rotatable bonds is 8. The van der Waals surface area contributed by atoms with Crippen LogP contribution in [0, 0.1) is 0 Å². The fraction of sp³-hybridized carbons (Fsp3) is 0.650. The number of methoxy groups -OCH3 is 2. The largest absolute Gasteiger partial charge is 0.493 e. The third kappa shape index (κ3) is 7.37. The molecule has 0 aromatic heterocycles. The molecule has 1 aliphatic rings. The molecule has 2 atom stereocenters. The Balaban J connectivity index is 0.00000364. The number of halogens is 1. The molecule has 0 amide bonds. The molecule has 0 saturated carbocycles.